The molecule has 1 aliphatic rings. The van der Waals surface area contributed by atoms with Gasteiger partial charge in [-0.25, -0.2) is 9.36 Å². The molecular formula is C20H22N4O5. The zero-order chi connectivity index (χ0) is 21.0. The Hall–Kier alpha value is -3.54. The topological polar surface area (TPSA) is 115 Å². The van der Waals surface area contributed by atoms with Gasteiger partial charge in [0.1, 0.15) is 18.2 Å². The van der Waals surface area contributed by atoms with Crippen molar-refractivity contribution < 1.29 is 14.3 Å². The quantitative estimate of drug-likeness (QED) is 0.713. The maximum Gasteiger partial charge on any atom is 0.331 e. The lowest BCUT2D eigenvalue weighted by molar-refractivity contribution is -0.121. The lowest BCUT2D eigenvalue weighted by atomic mass is 10.1. The lowest BCUT2D eigenvalue weighted by Crippen LogP contribution is -2.45. The molecule has 152 valence electrons. The molecule has 0 saturated heterocycles. The Morgan fingerprint density at radius 1 is 1.24 bits per heavy atom. The van der Waals surface area contributed by atoms with Crippen LogP contribution in [0.1, 0.15) is 23.2 Å². The van der Waals surface area contributed by atoms with E-state index in [-0.39, 0.29) is 5.56 Å². The van der Waals surface area contributed by atoms with Gasteiger partial charge < -0.3 is 14.8 Å². The molecule has 0 radical (unpaired) electrons. The van der Waals surface area contributed by atoms with Gasteiger partial charge in [0, 0.05) is 18.8 Å². The molecule has 1 aliphatic heterocycles. The van der Waals surface area contributed by atoms with Crippen LogP contribution in [0.5, 0.6) is 11.5 Å². The first-order valence-electron chi connectivity index (χ1n) is 9.24. The smallest absolute Gasteiger partial charge is 0.331 e. The number of amides is 1. The van der Waals surface area contributed by atoms with Gasteiger partial charge in [-0.15, -0.1) is 0 Å². The molecule has 0 unspecified atom stereocenters. The van der Waals surface area contributed by atoms with Gasteiger partial charge in [0.2, 0.25) is 5.91 Å². The number of carbonyl (C=O) groups is 1. The number of methoxy groups -OCH3 is 2. The third kappa shape index (κ3) is 4.01. The van der Waals surface area contributed by atoms with E-state index in [4.69, 9.17) is 9.47 Å². The molecular weight excluding hydrogens is 376 g/mol. The number of nitrogens with zero attached hydrogens (tertiary/aromatic N) is 3. The molecule has 1 aromatic carbocycles. The molecule has 0 aliphatic carbocycles. The molecule has 2 heterocycles. The summed E-state index contributed by atoms with van der Waals surface area (Å²) in [6.45, 7) is 0.350. The van der Waals surface area contributed by atoms with E-state index < -0.39 is 23.7 Å². The highest BCUT2D eigenvalue weighted by Gasteiger charge is 2.23. The van der Waals surface area contributed by atoms with Crippen molar-refractivity contribution in [3.63, 3.8) is 0 Å². The second-order valence-corrected chi connectivity index (χ2v) is 6.65. The largest absolute Gasteiger partial charge is 0.493 e. The monoisotopic (exact) mass is 398 g/mol. The average Bonchev–Trinajstić information content (AvgIpc) is 3.21. The molecule has 0 saturated carbocycles. The number of nitriles is 1. The first kappa shape index (κ1) is 20.2. The van der Waals surface area contributed by atoms with E-state index in [0.29, 0.717) is 49.5 Å². The van der Waals surface area contributed by atoms with E-state index in [1.165, 1.54) is 4.57 Å². The third-order valence-corrected chi connectivity index (χ3v) is 4.93. The van der Waals surface area contributed by atoms with Crippen LogP contribution < -0.4 is 26.0 Å². The number of carbonyl (C=O) groups excluding carboxylic acids is 1. The van der Waals surface area contributed by atoms with E-state index >= 15 is 0 Å². The second-order valence-electron chi connectivity index (χ2n) is 6.65. The van der Waals surface area contributed by atoms with Gasteiger partial charge in [0.15, 0.2) is 11.5 Å². The average molecular weight is 398 g/mol. The van der Waals surface area contributed by atoms with Crippen LogP contribution in [0.3, 0.4) is 0 Å². The molecule has 0 atom stereocenters. The molecule has 0 bridgehead atoms. The van der Waals surface area contributed by atoms with Crippen molar-refractivity contribution in [1.82, 2.24) is 14.5 Å². The fourth-order valence-electron chi connectivity index (χ4n) is 3.47. The van der Waals surface area contributed by atoms with Crippen molar-refractivity contribution in [2.45, 2.75) is 32.4 Å². The summed E-state index contributed by atoms with van der Waals surface area (Å²) in [5.74, 6) is 0.746. The summed E-state index contributed by atoms with van der Waals surface area (Å²) in [7, 11) is 3.10. The summed E-state index contributed by atoms with van der Waals surface area (Å²) < 4.78 is 12.7. The lowest BCUT2D eigenvalue weighted by Gasteiger charge is -2.12. The standard InChI is InChI=1S/C20H22N4O5/c1-28-16-6-5-13(10-17(16)29-2)7-8-22-18(25)12-24-19(26)14(11-21)15-4-3-9-23(15)20(24)27/h5-6,10H,3-4,7-9,12H2,1-2H3,(H,22,25). The van der Waals surface area contributed by atoms with Crippen molar-refractivity contribution in [2.75, 3.05) is 20.8 Å². The minimum Gasteiger partial charge on any atom is -0.493 e. The maximum atomic E-state index is 12.5. The van der Waals surface area contributed by atoms with Gasteiger partial charge in [-0.3, -0.25) is 14.2 Å². The van der Waals surface area contributed by atoms with Crippen molar-refractivity contribution in [2.24, 2.45) is 0 Å². The molecule has 1 amide bonds. The fourth-order valence-corrected chi connectivity index (χ4v) is 3.47. The Balaban J connectivity index is 1.67. The SMILES string of the molecule is COc1ccc(CCNC(=O)Cn2c(=O)c(C#N)c3n(c2=O)CCC3)cc1OC. The highest BCUT2D eigenvalue weighted by Crippen LogP contribution is 2.27. The van der Waals surface area contributed by atoms with Crippen LogP contribution in [0, 0.1) is 11.3 Å². The van der Waals surface area contributed by atoms with Crippen LogP contribution in [0.25, 0.3) is 0 Å². The van der Waals surface area contributed by atoms with Crippen LogP contribution in [-0.2, 0) is 30.7 Å². The normalized spacial score (nSPS) is 12.2. The molecule has 2 aromatic rings. The van der Waals surface area contributed by atoms with Crippen molar-refractivity contribution in [1.29, 1.82) is 5.26 Å². The number of benzene rings is 1. The zero-order valence-corrected chi connectivity index (χ0v) is 16.4. The van der Waals surface area contributed by atoms with Gasteiger partial charge in [0.05, 0.1) is 14.2 Å². The fraction of sp³-hybridized carbons (Fsp3) is 0.400. The predicted molar refractivity (Wildman–Crippen MR) is 104 cm³/mol. The summed E-state index contributed by atoms with van der Waals surface area (Å²) in [6, 6.07) is 7.34. The summed E-state index contributed by atoms with van der Waals surface area (Å²) in [5.41, 5.74) is 0.0922. The summed E-state index contributed by atoms with van der Waals surface area (Å²) in [6.07, 6.45) is 1.75. The Kier molecular flexibility index (Phi) is 6.02. The summed E-state index contributed by atoms with van der Waals surface area (Å²) in [5, 5.41) is 12.0. The van der Waals surface area contributed by atoms with Gasteiger partial charge in [-0.1, -0.05) is 6.07 Å². The Labute approximate surface area is 167 Å². The predicted octanol–water partition coefficient (Wildman–Crippen LogP) is 0.204. The first-order chi connectivity index (χ1) is 14.0. The van der Waals surface area contributed by atoms with Crippen LogP contribution in [0.2, 0.25) is 0 Å². The number of ether oxygens (including phenoxy) is 2. The summed E-state index contributed by atoms with van der Waals surface area (Å²) >= 11 is 0. The molecule has 1 N–H and O–H groups in total. The van der Waals surface area contributed by atoms with Gasteiger partial charge >= 0.3 is 5.69 Å². The molecule has 0 fully saturated rings. The van der Waals surface area contributed by atoms with Gasteiger partial charge in [0.25, 0.3) is 5.56 Å². The second kappa shape index (κ2) is 8.65. The maximum absolute atomic E-state index is 12.5. The highest BCUT2D eigenvalue weighted by molar-refractivity contribution is 5.75. The number of fused-ring (bicyclic) bond motifs is 1. The van der Waals surface area contributed by atoms with Crippen LogP contribution in [-0.4, -0.2) is 35.8 Å². The van der Waals surface area contributed by atoms with Crippen LogP contribution >= 0.6 is 0 Å². The van der Waals surface area contributed by atoms with Crippen LogP contribution in [0.4, 0.5) is 0 Å². The molecule has 9 heteroatoms. The number of nitrogens with one attached hydrogen (secondary N) is 1. The van der Waals surface area contributed by atoms with E-state index in [1.807, 2.05) is 18.2 Å². The molecule has 3 rings (SSSR count). The van der Waals surface area contributed by atoms with Gasteiger partial charge in [-0.05, 0) is 37.0 Å². The molecule has 9 nitrogen and oxygen atoms in total. The molecule has 0 spiro atoms. The molecule has 1 aromatic heterocycles. The highest BCUT2D eigenvalue weighted by atomic mass is 16.5. The van der Waals surface area contributed by atoms with Gasteiger partial charge in [-0.2, -0.15) is 5.26 Å². The van der Waals surface area contributed by atoms with E-state index in [2.05, 4.69) is 5.32 Å². The van der Waals surface area contributed by atoms with Crippen molar-refractivity contribution in [3.05, 3.63) is 55.9 Å². The van der Waals surface area contributed by atoms with Crippen molar-refractivity contribution in [3.8, 4) is 17.6 Å². The Morgan fingerprint density at radius 3 is 2.69 bits per heavy atom. The van der Waals surface area contributed by atoms with E-state index in [0.717, 1.165) is 10.1 Å². The van der Waals surface area contributed by atoms with E-state index in [1.54, 1.807) is 20.3 Å². The summed E-state index contributed by atoms with van der Waals surface area (Å²) in [4.78, 5) is 37.3. The zero-order valence-electron chi connectivity index (χ0n) is 16.4. The van der Waals surface area contributed by atoms with Crippen molar-refractivity contribution >= 4 is 5.91 Å². The number of hydrogen-bond donors (Lipinski definition) is 1. The first-order valence-corrected chi connectivity index (χ1v) is 9.24. The van der Waals surface area contributed by atoms with E-state index in [9.17, 15) is 19.6 Å². The Morgan fingerprint density at radius 2 is 2.00 bits per heavy atom. The number of aromatic nitrogens is 2. The third-order valence-electron chi connectivity index (χ3n) is 4.93. The molecule has 29 heavy (non-hydrogen) atoms. The number of rotatable bonds is 7. The number of hydrogen-bond acceptors (Lipinski definition) is 6. The van der Waals surface area contributed by atoms with Crippen LogP contribution in [0.15, 0.2) is 27.8 Å². The minimum atomic E-state index is -0.708. The Bertz CT molecular complexity index is 1090. The minimum absolute atomic E-state index is 0.0553.